The van der Waals surface area contributed by atoms with Crippen molar-refractivity contribution in [2.24, 2.45) is 17.3 Å². The van der Waals surface area contributed by atoms with Crippen LogP contribution in [-0.2, 0) is 9.59 Å². The fraction of sp³-hybridized carbons (Fsp3) is 0.846. The van der Waals surface area contributed by atoms with Gasteiger partial charge in [0.2, 0.25) is 5.91 Å². The van der Waals surface area contributed by atoms with E-state index in [-0.39, 0.29) is 12.5 Å². The number of hydrogen-bond donors (Lipinski definition) is 3. The molecule has 1 aliphatic rings. The molecule has 0 radical (unpaired) electrons. The minimum atomic E-state index is -0.916. The van der Waals surface area contributed by atoms with E-state index in [1.807, 2.05) is 13.8 Å². The minimum Gasteiger partial charge on any atom is -0.481 e. The van der Waals surface area contributed by atoms with E-state index in [4.69, 9.17) is 10.2 Å². The second kappa shape index (κ2) is 4.88. The first kappa shape index (κ1) is 15.0. The van der Waals surface area contributed by atoms with E-state index in [9.17, 15) is 9.59 Å². The third kappa shape index (κ3) is 2.66. The molecule has 0 aromatic carbocycles. The van der Waals surface area contributed by atoms with Gasteiger partial charge in [0.25, 0.3) is 0 Å². The lowest BCUT2D eigenvalue weighted by molar-refractivity contribution is -0.140. The van der Waals surface area contributed by atoms with Gasteiger partial charge in [-0.3, -0.25) is 9.59 Å². The van der Waals surface area contributed by atoms with E-state index < -0.39 is 28.8 Å². The molecule has 18 heavy (non-hydrogen) atoms. The summed E-state index contributed by atoms with van der Waals surface area (Å²) >= 11 is 0. The molecule has 0 bridgehead atoms. The van der Waals surface area contributed by atoms with Crippen molar-refractivity contribution in [3.05, 3.63) is 0 Å². The Labute approximate surface area is 108 Å². The lowest BCUT2D eigenvalue weighted by Gasteiger charge is -2.29. The topological polar surface area (TPSA) is 86.6 Å². The minimum absolute atomic E-state index is 0.00103. The van der Waals surface area contributed by atoms with E-state index in [0.717, 1.165) is 0 Å². The molecule has 1 aliphatic carbocycles. The maximum atomic E-state index is 12.1. The molecule has 0 spiro atoms. The number of amides is 1. The van der Waals surface area contributed by atoms with Gasteiger partial charge in [0.1, 0.15) is 0 Å². The summed E-state index contributed by atoms with van der Waals surface area (Å²) in [6.45, 7) is 7.40. The highest BCUT2D eigenvalue weighted by Crippen LogP contribution is 2.58. The summed E-state index contributed by atoms with van der Waals surface area (Å²) in [6.07, 6.45) is 1.17. The second-order valence-corrected chi connectivity index (χ2v) is 5.99. The summed E-state index contributed by atoms with van der Waals surface area (Å²) in [4.78, 5) is 23.2. The number of nitrogens with one attached hydrogen (secondary N) is 1. The van der Waals surface area contributed by atoms with Gasteiger partial charge in [-0.25, -0.2) is 0 Å². The third-order valence-corrected chi connectivity index (χ3v) is 4.24. The van der Waals surface area contributed by atoms with E-state index in [1.54, 1.807) is 13.8 Å². The van der Waals surface area contributed by atoms with Crippen molar-refractivity contribution < 1.29 is 19.8 Å². The lowest BCUT2D eigenvalue weighted by Crippen LogP contribution is -2.47. The van der Waals surface area contributed by atoms with Crippen LogP contribution in [-0.4, -0.2) is 34.2 Å². The summed E-state index contributed by atoms with van der Waals surface area (Å²) in [5, 5.41) is 20.9. The van der Waals surface area contributed by atoms with Crippen molar-refractivity contribution in [2.45, 2.75) is 46.1 Å². The Bertz CT molecular complexity index is 353. The van der Waals surface area contributed by atoms with Gasteiger partial charge in [-0.1, -0.05) is 20.8 Å². The van der Waals surface area contributed by atoms with Crippen LogP contribution >= 0.6 is 0 Å². The van der Waals surface area contributed by atoms with Crippen molar-refractivity contribution in [1.82, 2.24) is 5.32 Å². The standard InChI is InChI=1S/C13H23NO4/c1-5-13(4,6-7-15)14-10(16)8-9(11(17)18)12(8,2)3/h8-9,15H,5-7H2,1-4H3,(H,14,16)(H,17,18). The first-order chi connectivity index (χ1) is 8.19. The van der Waals surface area contributed by atoms with Gasteiger partial charge in [-0.2, -0.15) is 0 Å². The van der Waals surface area contributed by atoms with Crippen LogP contribution in [0.4, 0.5) is 0 Å². The van der Waals surface area contributed by atoms with Gasteiger partial charge in [0.15, 0.2) is 0 Å². The lowest BCUT2D eigenvalue weighted by atomic mass is 9.94. The van der Waals surface area contributed by atoms with Crippen LogP contribution in [0.25, 0.3) is 0 Å². The molecule has 5 heteroatoms. The number of carboxylic acids is 1. The molecule has 0 aliphatic heterocycles. The van der Waals surface area contributed by atoms with E-state index in [1.165, 1.54) is 0 Å². The predicted molar refractivity (Wildman–Crippen MR) is 66.9 cm³/mol. The molecule has 5 nitrogen and oxygen atoms in total. The first-order valence-corrected chi connectivity index (χ1v) is 6.35. The summed E-state index contributed by atoms with van der Waals surface area (Å²) in [5.41, 5.74) is -0.947. The second-order valence-electron chi connectivity index (χ2n) is 5.99. The zero-order valence-electron chi connectivity index (χ0n) is 11.5. The Morgan fingerprint density at radius 2 is 1.89 bits per heavy atom. The average molecular weight is 257 g/mol. The van der Waals surface area contributed by atoms with Crippen LogP contribution in [0.2, 0.25) is 0 Å². The van der Waals surface area contributed by atoms with Crippen LogP contribution < -0.4 is 5.32 Å². The third-order valence-electron chi connectivity index (χ3n) is 4.24. The molecular weight excluding hydrogens is 234 g/mol. The summed E-state index contributed by atoms with van der Waals surface area (Å²) in [6, 6.07) is 0. The van der Waals surface area contributed by atoms with Crippen LogP contribution in [0.3, 0.4) is 0 Å². The molecule has 1 fully saturated rings. The van der Waals surface area contributed by atoms with E-state index in [2.05, 4.69) is 5.32 Å². The van der Waals surface area contributed by atoms with Crippen LogP contribution in [0, 0.1) is 17.3 Å². The summed E-state index contributed by atoms with van der Waals surface area (Å²) < 4.78 is 0. The number of hydrogen-bond acceptors (Lipinski definition) is 3. The Morgan fingerprint density at radius 1 is 1.33 bits per heavy atom. The maximum absolute atomic E-state index is 12.1. The fourth-order valence-electron chi connectivity index (χ4n) is 2.54. The van der Waals surface area contributed by atoms with Crippen LogP contribution in [0.15, 0.2) is 0 Å². The van der Waals surface area contributed by atoms with E-state index >= 15 is 0 Å². The van der Waals surface area contributed by atoms with Crippen molar-refractivity contribution in [3.63, 3.8) is 0 Å². The van der Waals surface area contributed by atoms with Crippen LogP contribution in [0.1, 0.15) is 40.5 Å². The number of carboxylic acid groups (broad SMARTS) is 1. The van der Waals surface area contributed by atoms with Crippen molar-refractivity contribution in [1.29, 1.82) is 0 Å². The zero-order valence-corrected chi connectivity index (χ0v) is 11.5. The molecule has 0 aromatic heterocycles. The average Bonchev–Trinajstić information content (AvgIpc) is 2.82. The normalized spacial score (nSPS) is 28.3. The zero-order chi connectivity index (χ0) is 14.1. The highest BCUT2D eigenvalue weighted by atomic mass is 16.4. The molecule has 3 unspecified atom stereocenters. The molecule has 3 N–H and O–H groups in total. The Kier molecular flexibility index (Phi) is 4.05. The highest BCUT2D eigenvalue weighted by molar-refractivity contribution is 5.92. The molecule has 1 saturated carbocycles. The van der Waals surface area contributed by atoms with Gasteiger partial charge in [-0.15, -0.1) is 0 Å². The molecule has 104 valence electrons. The van der Waals surface area contributed by atoms with Crippen molar-refractivity contribution in [3.8, 4) is 0 Å². The number of carbonyl (C=O) groups is 2. The molecule has 0 heterocycles. The number of aliphatic hydroxyl groups is 1. The summed E-state index contributed by atoms with van der Waals surface area (Å²) in [5.74, 6) is -2.21. The summed E-state index contributed by atoms with van der Waals surface area (Å²) in [7, 11) is 0. The first-order valence-electron chi connectivity index (χ1n) is 6.35. The smallest absolute Gasteiger partial charge is 0.307 e. The Balaban J connectivity index is 2.70. The number of carbonyl (C=O) groups excluding carboxylic acids is 1. The fourth-order valence-corrected chi connectivity index (χ4v) is 2.54. The quantitative estimate of drug-likeness (QED) is 0.663. The maximum Gasteiger partial charge on any atom is 0.307 e. The van der Waals surface area contributed by atoms with Crippen molar-refractivity contribution in [2.75, 3.05) is 6.61 Å². The van der Waals surface area contributed by atoms with Gasteiger partial charge in [0, 0.05) is 12.1 Å². The number of aliphatic hydroxyl groups excluding tert-OH is 1. The van der Waals surface area contributed by atoms with Crippen molar-refractivity contribution >= 4 is 11.9 Å². The van der Waals surface area contributed by atoms with Gasteiger partial charge < -0.3 is 15.5 Å². The van der Waals surface area contributed by atoms with Gasteiger partial charge in [0.05, 0.1) is 11.8 Å². The van der Waals surface area contributed by atoms with E-state index in [0.29, 0.717) is 12.8 Å². The molecule has 1 rings (SSSR count). The molecule has 1 amide bonds. The van der Waals surface area contributed by atoms with Crippen LogP contribution in [0.5, 0.6) is 0 Å². The largest absolute Gasteiger partial charge is 0.481 e. The van der Waals surface area contributed by atoms with Gasteiger partial charge >= 0.3 is 5.97 Å². The Hall–Kier alpha value is -1.10. The number of rotatable bonds is 6. The highest BCUT2D eigenvalue weighted by Gasteiger charge is 2.66. The monoisotopic (exact) mass is 257 g/mol. The Morgan fingerprint density at radius 3 is 2.22 bits per heavy atom. The molecular formula is C13H23NO4. The molecule has 0 saturated heterocycles. The SMILES string of the molecule is CCC(C)(CCO)NC(=O)C1C(C(=O)O)C1(C)C. The number of aliphatic carboxylic acids is 1. The van der Waals surface area contributed by atoms with Gasteiger partial charge in [-0.05, 0) is 25.2 Å². The molecule has 0 aromatic rings. The predicted octanol–water partition coefficient (Wildman–Crippen LogP) is 1.01. The molecule has 3 atom stereocenters.